The van der Waals surface area contributed by atoms with Crippen LogP contribution in [0.15, 0.2) is 22.7 Å². The fourth-order valence-corrected chi connectivity index (χ4v) is 3.49. The maximum atomic E-state index is 5.47. The molecule has 0 saturated carbocycles. The number of hydrogen-bond acceptors (Lipinski definition) is 3. The highest BCUT2D eigenvalue weighted by Gasteiger charge is 2.13. The second kappa shape index (κ2) is 9.69. The van der Waals surface area contributed by atoms with E-state index in [4.69, 9.17) is 4.74 Å². The van der Waals surface area contributed by atoms with Gasteiger partial charge in [-0.05, 0) is 43.1 Å². The second-order valence-electron chi connectivity index (χ2n) is 4.97. The van der Waals surface area contributed by atoms with Crippen LogP contribution in [-0.4, -0.2) is 30.7 Å². The van der Waals surface area contributed by atoms with E-state index in [-0.39, 0.29) is 0 Å². The second-order valence-corrected chi connectivity index (χ2v) is 7.35. The largest absolute Gasteiger partial charge is 0.496 e. The van der Waals surface area contributed by atoms with Gasteiger partial charge in [-0.1, -0.05) is 36.7 Å². The van der Waals surface area contributed by atoms with Crippen LogP contribution in [0.4, 0.5) is 0 Å². The first-order chi connectivity index (χ1) is 9.60. The Morgan fingerprint density at radius 1 is 1.35 bits per heavy atom. The molecule has 2 atom stereocenters. The van der Waals surface area contributed by atoms with Gasteiger partial charge >= 0.3 is 0 Å². The fourth-order valence-electron chi connectivity index (χ4n) is 2.05. The number of rotatable bonds is 9. The summed E-state index contributed by atoms with van der Waals surface area (Å²) in [6, 6.07) is 6.71. The first-order valence-electron chi connectivity index (χ1n) is 7.28. The van der Waals surface area contributed by atoms with Crippen molar-refractivity contribution in [3.63, 3.8) is 0 Å². The molecule has 0 saturated heterocycles. The molecule has 1 aromatic carbocycles. The maximum Gasteiger partial charge on any atom is 0.122 e. The van der Waals surface area contributed by atoms with Crippen molar-refractivity contribution in [2.75, 3.05) is 19.4 Å². The quantitative estimate of drug-likeness (QED) is 0.700. The van der Waals surface area contributed by atoms with E-state index in [1.807, 2.05) is 23.9 Å². The lowest BCUT2D eigenvalue weighted by atomic mass is 10.1. The fraction of sp³-hybridized carbons (Fsp3) is 0.625. The van der Waals surface area contributed by atoms with Crippen LogP contribution < -0.4 is 10.1 Å². The van der Waals surface area contributed by atoms with Crippen molar-refractivity contribution in [1.29, 1.82) is 0 Å². The summed E-state index contributed by atoms with van der Waals surface area (Å²) < 4.78 is 6.58. The lowest BCUT2D eigenvalue weighted by Crippen LogP contribution is -2.33. The molecule has 2 nitrogen and oxygen atoms in total. The van der Waals surface area contributed by atoms with Crippen LogP contribution >= 0.6 is 27.7 Å². The van der Waals surface area contributed by atoms with E-state index >= 15 is 0 Å². The molecule has 1 N–H and O–H groups in total. The Hall–Kier alpha value is -0.190. The maximum absolute atomic E-state index is 5.47. The van der Waals surface area contributed by atoms with Gasteiger partial charge in [-0.15, -0.1) is 0 Å². The predicted octanol–water partition coefficient (Wildman–Crippen LogP) is 4.51. The summed E-state index contributed by atoms with van der Waals surface area (Å²) in [4.78, 5) is 0. The topological polar surface area (TPSA) is 21.3 Å². The lowest BCUT2D eigenvalue weighted by Gasteiger charge is -2.21. The van der Waals surface area contributed by atoms with Gasteiger partial charge in [0.05, 0.1) is 7.11 Å². The SMILES string of the molecule is CCNC(CSC(C)CC)Cc1cc(Br)ccc1OC. The number of hydrogen-bond donors (Lipinski definition) is 1. The van der Waals surface area contributed by atoms with E-state index < -0.39 is 0 Å². The van der Waals surface area contributed by atoms with Gasteiger partial charge in [0.15, 0.2) is 0 Å². The van der Waals surface area contributed by atoms with Gasteiger partial charge in [0.2, 0.25) is 0 Å². The molecule has 1 rings (SSSR count). The monoisotopic (exact) mass is 359 g/mol. The molecule has 0 bridgehead atoms. The number of benzene rings is 1. The van der Waals surface area contributed by atoms with E-state index in [0.717, 1.165) is 34.2 Å². The molecule has 0 aliphatic heterocycles. The molecular weight excluding hydrogens is 334 g/mol. The molecule has 20 heavy (non-hydrogen) atoms. The van der Waals surface area contributed by atoms with E-state index in [1.54, 1.807) is 7.11 Å². The predicted molar refractivity (Wildman–Crippen MR) is 94.1 cm³/mol. The summed E-state index contributed by atoms with van der Waals surface area (Å²) in [6.07, 6.45) is 2.23. The number of halogens is 1. The van der Waals surface area contributed by atoms with Crippen LogP contribution in [0.2, 0.25) is 0 Å². The van der Waals surface area contributed by atoms with Crippen LogP contribution in [0.1, 0.15) is 32.8 Å². The molecule has 1 aromatic rings. The number of nitrogens with one attached hydrogen (secondary N) is 1. The van der Waals surface area contributed by atoms with E-state index in [9.17, 15) is 0 Å². The molecular formula is C16H26BrNOS. The summed E-state index contributed by atoms with van der Waals surface area (Å²) >= 11 is 5.59. The minimum absolute atomic E-state index is 0.488. The molecule has 0 aliphatic carbocycles. The molecule has 0 spiro atoms. The van der Waals surface area contributed by atoms with Gasteiger partial charge in [0, 0.05) is 21.5 Å². The first-order valence-corrected chi connectivity index (χ1v) is 9.12. The van der Waals surface area contributed by atoms with Crippen molar-refractivity contribution >= 4 is 27.7 Å². The molecule has 0 radical (unpaired) electrons. The summed E-state index contributed by atoms with van der Waals surface area (Å²) in [5.41, 5.74) is 1.26. The van der Waals surface area contributed by atoms with Gasteiger partial charge in [-0.2, -0.15) is 11.8 Å². The van der Waals surface area contributed by atoms with Crippen LogP contribution in [0.5, 0.6) is 5.75 Å². The Labute approximate surface area is 136 Å². The summed E-state index contributed by atoms with van der Waals surface area (Å²) in [7, 11) is 1.74. The zero-order valence-electron chi connectivity index (χ0n) is 12.9. The minimum atomic E-state index is 0.488. The first kappa shape index (κ1) is 17.9. The standard InChI is InChI=1S/C16H26BrNOS/c1-5-12(3)20-11-15(18-6-2)10-13-9-14(17)7-8-16(13)19-4/h7-9,12,15,18H,5-6,10-11H2,1-4H3. The number of ether oxygens (including phenoxy) is 1. The molecule has 2 unspecified atom stereocenters. The third-order valence-corrected chi connectivity index (χ3v) is 5.35. The van der Waals surface area contributed by atoms with Crippen LogP contribution in [0, 0.1) is 0 Å². The molecule has 0 amide bonds. The molecule has 114 valence electrons. The summed E-state index contributed by atoms with van der Waals surface area (Å²) in [6.45, 7) is 7.71. The van der Waals surface area contributed by atoms with Crippen molar-refractivity contribution in [1.82, 2.24) is 5.32 Å². The Morgan fingerprint density at radius 3 is 2.70 bits per heavy atom. The van der Waals surface area contributed by atoms with Gasteiger partial charge < -0.3 is 10.1 Å². The van der Waals surface area contributed by atoms with Crippen molar-refractivity contribution < 1.29 is 4.74 Å². The normalized spacial score (nSPS) is 14.1. The van der Waals surface area contributed by atoms with Crippen molar-refractivity contribution in [3.05, 3.63) is 28.2 Å². The highest BCUT2D eigenvalue weighted by atomic mass is 79.9. The number of thioether (sulfide) groups is 1. The average Bonchev–Trinajstić information content (AvgIpc) is 2.45. The number of methoxy groups -OCH3 is 1. The Morgan fingerprint density at radius 2 is 2.10 bits per heavy atom. The molecule has 0 fully saturated rings. The van der Waals surface area contributed by atoms with Gasteiger partial charge in [-0.25, -0.2) is 0 Å². The number of likely N-dealkylation sites (N-methyl/N-ethyl adjacent to an activating group) is 1. The average molecular weight is 360 g/mol. The third kappa shape index (κ3) is 6.06. The van der Waals surface area contributed by atoms with E-state index in [1.165, 1.54) is 12.0 Å². The minimum Gasteiger partial charge on any atom is -0.496 e. The smallest absolute Gasteiger partial charge is 0.122 e. The Bertz CT molecular complexity index is 400. The van der Waals surface area contributed by atoms with E-state index in [0.29, 0.717) is 6.04 Å². The zero-order valence-corrected chi connectivity index (χ0v) is 15.3. The highest BCUT2D eigenvalue weighted by molar-refractivity contribution is 9.10. The van der Waals surface area contributed by atoms with Gasteiger partial charge in [0.25, 0.3) is 0 Å². The third-order valence-electron chi connectivity index (χ3n) is 3.36. The zero-order chi connectivity index (χ0) is 15.0. The molecule has 0 aliphatic rings. The lowest BCUT2D eigenvalue weighted by molar-refractivity contribution is 0.406. The molecule has 4 heteroatoms. The van der Waals surface area contributed by atoms with Gasteiger partial charge in [0.1, 0.15) is 5.75 Å². The molecule has 0 aromatic heterocycles. The van der Waals surface area contributed by atoms with Crippen molar-refractivity contribution in [3.8, 4) is 5.75 Å². The van der Waals surface area contributed by atoms with Crippen molar-refractivity contribution in [2.24, 2.45) is 0 Å². The van der Waals surface area contributed by atoms with Crippen LogP contribution in [-0.2, 0) is 6.42 Å². The van der Waals surface area contributed by atoms with E-state index in [2.05, 4.69) is 48.1 Å². The Kier molecular flexibility index (Phi) is 8.66. The van der Waals surface area contributed by atoms with Crippen molar-refractivity contribution in [2.45, 2.75) is 44.9 Å². The summed E-state index contributed by atoms with van der Waals surface area (Å²) in [5, 5.41) is 4.31. The molecule has 0 heterocycles. The van der Waals surface area contributed by atoms with Crippen LogP contribution in [0.3, 0.4) is 0 Å². The summed E-state index contributed by atoms with van der Waals surface area (Å²) in [5.74, 6) is 2.11. The highest BCUT2D eigenvalue weighted by Crippen LogP contribution is 2.25. The van der Waals surface area contributed by atoms with Crippen LogP contribution in [0.25, 0.3) is 0 Å². The van der Waals surface area contributed by atoms with Gasteiger partial charge in [-0.3, -0.25) is 0 Å². The Balaban J connectivity index is 2.71.